The highest BCUT2D eigenvalue weighted by Crippen LogP contribution is 2.38. The summed E-state index contributed by atoms with van der Waals surface area (Å²) in [6, 6.07) is 9.39. The van der Waals surface area contributed by atoms with Crippen LogP contribution in [0.15, 0.2) is 34.8 Å². The summed E-state index contributed by atoms with van der Waals surface area (Å²) >= 11 is 17.1. The van der Waals surface area contributed by atoms with Gasteiger partial charge < -0.3 is 5.73 Å². The van der Waals surface area contributed by atoms with Gasteiger partial charge in [-0.2, -0.15) is 0 Å². The lowest BCUT2D eigenvalue weighted by Crippen LogP contribution is -1.91. The predicted molar refractivity (Wildman–Crippen MR) is 87.2 cm³/mol. The Morgan fingerprint density at radius 2 is 1.95 bits per heavy atom. The standard InChI is InChI=1S/C13H7BrCl2N2S/c14-6-1-2-11-10(3-6)18-13(19-11)8-4-7(15)5-9(16)12(8)17/h1-5H,17H2. The van der Waals surface area contributed by atoms with E-state index in [1.807, 2.05) is 18.2 Å². The summed E-state index contributed by atoms with van der Waals surface area (Å²) in [6.45, 7) is 0. The molecule has 96 valence electrons. The first-order valence-electron chi connectivity index (χ1n) is 5.35. The maximum absolute atomic E-state index is 6.05. The predicted octanol–water partition coefficient (Wildman–Crippen LogP) is 5.61. The molecule has 2 nitrogen and oxygen atoms in total. The molecule has 2 N–H and O–H groups in total. The molecule has 6 heteroatoms. The summed E-state index contributed by atoms with van der Waals surface area (Å²) in [5, 5.41) is 1.81. The number of nitrogen functional groups attached to an aromatic ring is 1. The molecule has 3 aromatic rings. The van der Waals surface area contributed by atoms with Gasteiger partial charge in [-0.05, 0) is 30.3 Å². The second-order valence-electron chi connectivity index (χ2n) is 3.98. The molecule has 0 atom stereocenters. The number of anilines is 1. The SMILES string of the molecule is Nc1c(Cl)cc(Cl)cc1-c1nc2cc(Br)ccc2s1. The monoisotopic (exact) mass is 372 g/mol. The number of benzene rings is 2. The number of rotatable bonds is 1. The van der Waals surface area contributed by atoms with Crippen LogP contribution in [-0.4, -0.2) is 4.98 Å². The van der Waals surface area contributed by atoms with E-state index in [0.717, 1.165) is 25.3 Å². The van der Waals surface area contributed by atoms with E-state index in [2.05, 4.69) is 20.9 Å². The van der Waals surface area contributed by atoms with Gasteiger partial charge in [0, 0.05) is 15.1 Å². The maximum Gasteiger partial charge on any atom is 0.126 e. The van der Waals surface area contributed by atoms with E-state index in [1.54, 1.807) is 23.5 Å². The van der Waals surface area contributed by atoms with Crippen molar-refractivity contribution in [1.29, 1.82) is 0 Å². The third kappa shape index (κ3) is 2.46. The molecular formula is C13H7BrCl2N2S. The van der Waals surface area contributed by atoms with Gasteiger partial charge >= 0.3 is 0 Å². The Morgan fingerprint density at radius 3 is 2.74 bits per heavy atom. The molecule has 0 spiro atoms. The van der Waals surface area contributed by atoms with E-state index >= 15 is 0 Å². The first kappa shape index (κ1) is 13.2. The lowest BCUT2D eigenvalue weighted by atomic mass is 10.2. The minimum absolute atomic E-state index is 0.447. The molecule has 2 aromatic carbocycles. The van der Waals surface area contributed by atoms with Gasteiger partial charge in [-0.15, -0.1) is 11.3 Å². The number of nitrogens with zero attached hydrogens (tertiary/aromatic N) is 1. The average Bonchev–Trinajstić information content (AvgIpc) is 2.76. The van der Waals surface area contributed by atoms with Crippen molar-refractivity contribution in [2.45, 2.75) is 0 Å². The molecule has 0 saturated heterocycles. The summed E-state index contributed by atoms with van der Waals surface area (Å²) in [5.41, 5.74) is 8.20. The fraction of sp³-hybridized carbons (Fsp3) is 0. The zero-order chi connectivity index (χ0) is 13.6. The van der Waals surface area contributed by atoms with Crippen LogP contribution in [0.5, 0.6) is 0 Å². The van der Waals surface area contributed by atoms with Gasteiger partial charge in [0.25, 0.3) is 0 Å². The molecule has 1 heterocycles. The number of fused-ring (bicyclic) bond motifs is 1. The van der Waals surface area contributed by atoms with Crippen LogP contribution in [0.3, 0.4) is 0 Å². The van der Waals surface area contributed by atoms with Crippen molar-refractivity contribution in [1.82, 2.24) is 4.98 Å². The van der Waals surface area contributed by atoms with E-state index in [1.165, 1.54) is 0 Å². The van der Waals surface area contributed by atoms with Crippen LogP contribution in [0.2, 0.25) is 10.0 Å². The van der Waals surface area contributed by atoms with Crippen molar-refractivity contribution in [3.63, 3.8) is 0 Å². The van der Waals surface area contributed by atoms with Crippen LogP contribution in [0.25, 0.3) is 20.8 Å². The normalized spacial score (nSPS) is 11.1. The Bertz CT molecular complexity index is 786. The third-order valence-electron chi connectivity index (χ3n) is 2.67. The van der Waals surface area contributed by atoms with Gasteiger partial charge in [0.2, 0.25) is 0 Å². The van der Waals surface area contributed by atoms with Crippen molar-refractivity contribution < 1.29 is 0 Å². The number of aromatic nitrogens is 1. The Labute approximate surface area is 132 Å². The topological polar surface area (TPSA) is 38.9 Å². The fourth-order valence-corrected chi connectivity index (χ4v) is 3.60. The smallest absolute Gasteiger partial charge is 0.126 e. The molecule has 0 aliphatic rings. The molecule has 0 fully saturated rings. The second kappa shape index (κ2) is 4.94. The molecule has 0 saturated carbocycles. The number of thiazole rings is 1. The molecule has 0 aliphatic heterocycles. The van der Waals surface area contributed by atoms with Crippen LogP contribution in [0.4, 0.5) is 5.69 Å². The molecule has 0 aliphatic carbocycles. The van der Waals surface area contributed by atoms with Crippen molar-refractivity contribution >= 4 is 66.4 Å². The summed E-state index contributed by atoms with van der Waals surface area (Å²) in [5.74, 6) is 0. The minimum Gasteiger partial charge on any atom is -0.397 e. The van der Waals surface area contributed by atoms with Gasteiger partial charge in [0.15, 0.2) is 0 Å². The van der Waals surface area contributed by atoms with E-state index < -0.39 is 0 Å². The highest BCUT2D eigenvalue weighted by molar-refractivity contribution is 9.10. The van der Waals surface area contributed by atoms with Crippen molar-refractivity contribution in [2.75, 3.05) is 5.73 Å². The van der Waals surface area contributed by atoms with Crippen LogP contribution < -0.4 is 5.73 Å². The lowest BCUT2D eigenvalue weighted by molar-refractivity contribution is 1.47. The molecule has 3 rings (SSSR count). The van der Waals surface area contributed by atoms with Crippen LogP contribution in [0, 0.1) is 0 Å². The van der Waals surface area contributed by atoms with E-state index in [0.29, 0.717) is 15.7 Å². The van der Waals surface area contributed by atoms with E-state index in [9.17, 15) is 0 Å². The van der Waals surface area contributed by atoms with Crippen molar-refractivity contribution in [3.05, 3.63) is 44.8 Å². The molecular weight excluding hydrogens is 367 g/mol. The van der Waals surface area contributed by atoms with Gasteiger partial charge in [-0.25, -0.2) is 4.98 Å². The summed E-state index contributed by atoms with van der Waals surface area (Å²) in [4.78, 5) is 4.58. The number of hydrogen-bond acceptors (Lipinski definition) is 3. The first-order chi connectivity index (χ1) is 9.04. The van der Waals surface area contributed by atoms with Crippen molar-refractivity contribution in [3.8, 4) is 10.6 Å². The zero-order valence-electron chi connectivity index (χ0n) is 9.45. The van der Waals surface area contributed by atoms with Gasteiger partial charge in [0.1, 0.15) is 5.01 Å². The van der Waals surface area contributed by atoms with Crippen LogP contribution in [-0.2, 0) is 0 Å². The fourth-order valence-electron chi connectivity index (χ4n) is 1.78. The Hall–Kier alpha value is -0.810. The number of halogens is 3. The minimum atomic E-state index is 0.447. The largest absolute Gasteiger partial charge is 0.397 e. The van der Waals surface area contributed by atoms with Crippen molar-refractivity contribution in [2.24, 2.45) is 0 Å². The molecule has 0 bridgehead atoms. The van der Waals surface area contributed by atoms with Gasteiger partial charge in [-0.1, -0.05) is 39.1 Å². The van der Waals surface area contributed by atoms with E-state index in [-0.39, 0.29) is 0 Å². The Kier molecular flexibility index (Phi) is 3.43. The highest BCUT2D eigenvalue weighted by Gasteiger charge is 2.13. The molecule has 1 aromatic heterocycles. The zero-order valence-corrected chi connectivity index (χ0v) is 13.4. The summed E-state index contributed by atoms with van der Waals surface area (Å²) < 4.78 is 2.09. The molecule has 0 radical (unpaired) electrons. The molecule has 0 unspecified atom stereocenters. The van der Waals surface area contributed by atoms with Gasteiger partial charge in [0.05, 0.1) is 20.9 Å². The molecule has 0 amide bonds. The van der Waals surface area contributed by atoms with Crippen LogP contribution in [0.1, 0.15) is 0 Å². The number of hydrogen-bond donors (Lipinski definition) is 1. The quantitative estimate of drug-likeness (QED) is 0.562. The maximum atomic E-state index is 6.05. The highest BCUT2D eigenvalue weighted by atomic mass is 79.9. The molecule has 19 heavy (non-hydrogen) atoms. The van der Waals surface area contributed by atoms with Crippen LogP contribution >= 0.6 is 50.5 Å². The average molecular weight is 374 g/mol. The number of nitrogens with two attached hydrogens (primary N) is 1. The third-order valence-corrected chi connectivity index (χ3v) is 4.77. The Morgan fingerprint density at radius 1 is 1.16 bits per heavy atom. The first-order valence-corrected chi connectivity index (χ1v) is 7.72. The second-order valence-corrected chi connectivity index (χ2v) is 6.77. The van der Waals surface area contributed by atoms with E-state index in [4.69, 9.17) is 28.9 Å². The summed E-state index contributed by atoms with van der Waals surface area (Å²) in [6.07, 6.45) is 0. The van der Waals surface area contributed by atoms with Gasteiger partial charge in [-0.3, -0.25) is 0 Å². The summed E-state index contributed by atoms with van der Waals surface area (Å²) in [7, 11) is 0. The lowest BCUT2D eigenvalue weighted by Gasteiger charge is -2.05. The Balaban J connectivity index is 2.24.